The molecule has 0 radical (unpaired) electrons. The van der Waals surface area contributed by atoms with E-state index in [0.717, 1.165) is 18.5 Å². The van der Waals surface area contributed by atoms with Gasteiger partial charge in [-0.2, -0.15) is 0 Å². The highest BCUT2D eigenvalue weighted by Crippen LogP contribution is 2.18. The number of carbonyl (C=O) groups is 2. The highest BCUT2D eigenvalue weighted by atomic mass is 16.2. The van der Waals surface area contributed by atoms with E-state index in [2.05, 4.69) is 10.2 Å². The first kappa shape index (κ1) is 23.0. The van der Waals surface area contributed by atoms with Crippen LogP contribution in [0.1, 0.15) is 32.7 Å². The zero-order chi connectivity index (χ0) is 22.9. The second-order valence-corrected chi connectivity index (χ2v) is 7.99. The van der Waals surface area contributed by atoms with E-state index < -0.39 is 0 Å². The zero-order valence-electron chi connectivity index (χ0n) is 18.6. The van der Waals surface area contributed by atoms with Crippen LogP contribution >= 0.6 is 0 Å². The molecule has 3 aromatic carbocycles. The molecule has 0 heterocycles. The molecule has 6 heteroatoms. The van der Waals surface area contributed by atoms with Crippen molar-refractivity contribution in [2.75, 3.05) is 38.2 Å². The standard InChI is InChI=1S/C26H30N4O2/c1-29(2)17-8-18-30(19-20-9-4-3-5-10-20)26(32)22-15-13-21(14-16-22)25(31)28-24-12-7-6-11-23(24)27/h3-7,9-16H,8,17-19,27H2,1-2H3,(H,28,31). The topological polar surface area (TPSA) is 78.7 Å². The summed E-state index contributed by atoms with van der Waals surface area (Å²) in [6.07, 6.45) is 0.880. The highest BCUT2D eigenvalue weighted by Gasteiger charge is 2.17. The van der Waals surface area contributed by atoms with E-state index >= 15 is 0 Å². The molecule has 3 aromatic rings. The van der Waals surface area contributed by atoms with E-state index in [0.29, 0.717) is 35.6 Å². The van der Waals surface area contributed by atoms with E-state index in [1.54, 1.807) is 36.4 Å². The number of hydrogen-bond acceptors (Lipinski definition) is 4. The van der Waals surface area contributed by atoms with Crippen molar-refractivity contribution in [1.29, 1.82) is 0 Å². The van der Waals surface area contributed by atoms with Crippen LogP contribution in [0.2, 0.25) is 0 Å². The van der Waals surface area contributed by atoms with Gasteiger partial charge in [0.1, 0.15) is 0 Å². The van der Waals surface area contributed by atoms with Crippen molar-refractivity contribution in [2.24, 2.45) is 0 Å². The molecule has 0 fully saturated rings. The van der Waals surface area contributed by atoms with Gasteiger partial charge in [-0.25, -0.2) is 0 Å². The lowest BCUT2D eigenvalue weighted by Gasteiger charge is -2.24. The van der Waals surface area contributed by atoms with Crippen LogP contribution in [0.5, 0.6) is 0 Å². The lowest BCUT2D eigenvalue weighted by atomic mass is 10.1. The summed E-state index contributed by atoms with van der Waals surface area (Å²) in [4.78, 5) is 29.8. The number of anilines is 2. The van der Waals surface area contributed by atoms with E-state index in [1.807, 2.05) is 61.5 Å². The number of carbonyl (C=O) groups excluding carboxylic acids is 2. The summed E-state index contributed by atoms with van der Waals surface area (Å²) in [5, 5.41) is 2.81. The quantitative estimate of drug-likeness (QED) is 0.501. The third-order valence-corrected chi connectivity index (χ3v) is 5.14. The van der Waals surface area contributed by atoms with Crippen molar-refractivity contribution in [3.05, 3.63) is 95.6 Å². The Morgan fingerprint density at radius 2 is 1.44 bits per heavy atom. The van der Waals surface area contributed by atoms with Gasteiger partial charge >= 0.3 is 0 Å². The van der Waals surface area contributed by atoms with Gasteiger partial charge in [0.15, 0.2) is 0 Å². The van der Waals surface area contributed by atoms with Crippen LogP contribution in [-0.4, -0.2) is 48.8 Å². The molecule has 0 aliphatic heterocycles. The van der Waals surface area contributed by atoms with Crippen molar-refractivity contribution in [1.82, 2.24) is 9.80 Å². The maximum atomic E-state index is 13.2. The van der Waals surface area contributed by atoms with Crippen LogP contribution in [0, 0.1) is 0 Å². The molecule has 6 nitrogen and oxygen atoms in total. The molecule has 0 spiro atoms. The van der Waals surface area contributed by atoms with Crippen molar-refractivity contribution in [3.63, 3.8) is 0 Å². The minimum absolute atomic E-state index is 0.0492. The van der Waals surface area contributed by atoms with Crippen molar-refractivity contribution >= 4 is 23.2 Å². The molecule has 166 valence electrons. The Hall–Kier alpha value is -3.64. The Labute approximate surface area is 189 Å². The van der Waals surface area contributed by atoms with E-state index in [9.17, 15) is 9.59 Å². The van der Waals surface area contributed by atoms with Gasteiger partial charge in [0, 0.05) is 24.2 Å². The third-order valence-electron chi connectivity index (χ3n) is 5.14. The maximum absolute atomic E-state index is 13.2. The van der Waals surface area contributed by atoms with Crippen molar-refractivity contribution in [2.45, 2.75) is 13.0 Å². The molecule has 0 bridgehead atoms. The molecule has 0 unspecified atom stereocenters. The van der Waals surface area contributed by atoms with Crippen molar-refractivity contribution < 1.29 is 9.59 Å². The Kier molecular flexibility index (Phi) is 8.00. The van der Waals surface area contributed by atoms with Crippen LogP contribution in [0.4, 0.5) is 11.4 Å². The molecular weight excluding hydrogens is 400 g/mol. The summed E-state index contributed by atoms with van der Waals surface area (Å²) in [6.45, 7) is 2.10. The fourth-order valence-electron chi connectivity index (χ4n) is 3.39. The number of nitrogens with zero attached hydrogens (tertiary/aromatic N) is 2. The van der Waals surface area contributed by atoms with Crippen molar-refractivity contribution in [3.8, 4) is 0 Å². The summed E-state index contributed by atoms with van der Waals surface area (Å²) in [5.41, 5.74) is 9.07. The number of nitrogens with two attached hydrogens (primary N) is 1. The maximum Gasteiger partial charge on any atom is 0.255 e. The van der Waals surface area contributed by atoms with E-state index in [4.69, 9.17) is 5.73 Å². The number of nitrogens with one attached hydrogen (secondary N) is 1. The molecule has 0 aromatic heterocycles. The molecule has 0 saturated heterocycles. The fourth-order valence-corrected chi connectivity index (χ4v) is 3.39. The Bertz CT molecular complexity index is 1030. The molecule has 0 saturated carbocycles. The van der Waals surface area contributed by atoms with Crippen LogP contribution in [0.25, 0.3) is 0 Å². The summed E-state index contributed by atoms with van der Waals surface area (Å²) >= 11 is 0. The summed E-state index contributed by atoms with van der Waals surface area (Å²) < 4.78 is 0. The van der Waals surface area contributed by atoms with Gasteiger partial charge < -0.3 is 20.9 Å². The lowest BCUT2D eigenvalue weighted by Crippen LogP contribution is -2.33. The summed E-state index contributed by atoms with van der Waals surface area (Å²) in [7, 11) is 4.05. The first-order chi connectivity index (χ1) is 15.4. The number of nitrogen functional groups attached to an aromatic ring is 1. The Morgan fingerprint density at radius 1 is 0.812 bits per heavy atom. The monoisotopic (exact) mass is 430 g/mol. The predicted octanol–water partition coefficient (Wildman–Crippen LogP) is 4.12. The SMILES string of the molecule is CN(C)CCCN(Cc1ccccc1)C(=O)c1ccc(C(=O)Nc2ccccc2N)cc1. The van der Waals surface area contributed by atoms with Gasteiger partial charge in [-0.3, -0.25) is 9.59 Å². The van der Waals surface area contributed by atoms with Crippen LogP contribution in [0.3, 0.4) is 0 Å². The van der Waals surface area contributed by atoms with Gasteiger partial charge in [0.05, 0.1) is 11.4 Å². The smallest absolute Gasteiger partial charge is 0.255 e. The van der Waals surface area contributed by atoms with Crippen LogP contribution in [0.15, 0.2) is 78.9 Å². The van der Waals surface area contributed by atoms with Gasteiger partial charge in [0.25, 0.3) is 11.8 Å². The number of rotatable bonds is 9. The Balaban J connectivity index is 1.71. The molecule has 3 rings (SSSR count). The molecule has 0 atom stereocenters. The van der Waals surface area contributed by atoms with Gasteiger partial charge in [-0.15, -0.1) is 0 Å². The second-order valence-electron chi connectivity index (χ2n) is 7.99. The van der Waals surface area contributed by atoms with Gasteiger partial charge in [-0.1, -0.05) is 42.5 Å². The first-order valence-corrected chi connectivity index (χ1v) is 10.7. The molecule has 0 aliphatic carbocycles. The summed E-state index contributed by atoms with van der Waals surface area (Å²) in [6, 6.07) is 23.8. The normalized spacial score (nSPS) is 10.7. The average molecular weight is 431 g/mol. The zero-order valence-corrected chi connectivity index (χ0v) is 18.6. The fraction of sp³-hybridized carbons (Fsp3) is 0.231. The largest absolute Gasteiger partial charge is 0.397 e. The van der Waals surface area contributed by atoms with Gasteiger partial charge in [-0.05, 0) is 69.0 Å². The molecule has 3 N–H and O–H groups in total. The minimum atomic E-state index is -0.269. The Morgan fingerprint density at radius 3 is 2.09 bits per heavy atom. The average Bonchev–Trinajstić information content (AvgIpc) is 2.80. The number of para-hydroxylation sites is 2. The molecule has 2 amide bonds. The van der Waals surface area contributed by atoms with Gasteiger partial charge in [0.2, 0.25) is 0 Å². The number of amides is 2. The number of benzene rings is 3. The molecular formula is C26H30N4O2. The first-order valence-electron chi connectivity index (χ1n) is 10.7. The van der Waals surface area contributed by atoms with E-state index in [1.165, 1.54) is 0 Å². The van der Waals surface area contributed by atoms with Crippen LogP contribution in [-0.2, 0) is 6.54 Å². The minimum Gasteiger partial charge on any atom is -0.397 e. The summed E-state index contributed by atoms with van der Waals surface area (Å²) in [5.74, 6) is -0.319. The van der Waals surface area contributed by atoms with E-state index in [-0.39, 0.29) is 11.8 Å². The third kappa shape index (κ3) is 6.43. The predicted molar refractivity (Wildman–Crippen MR) is 130 cm³/mol. The highest BCUT2D eigenvalue weighted by molar-refractivity contribution is 6.06. The van der Waals surface area contributed by atoms with Crippen LogP contribution < -0.4 is 11.1 Å². The second kappa shape index (κ2) is 11.1. The lowest BCUT2D eigenvalue weighted by molar-refractivity contribution is 0.0737. The molecule has 0 aliphatic rings. The molecule has 32 heavy (non-hydrogen) atoms. The number of hydrogen-bond donors (Lipinski definition) is 2.